The van der Waals surface area contributed by atoms with Gasteiger partial charge in [-0.05, 0) is 29.8 Å². The molecule has 0 saturated carbocycles. The molecule has 1 amide bonds. The number of benzene rings is 2. The van der Waals surface area contributed by atoms with E-state index in [1.165, 1.54) is 6.07 Å². The summed E-state index contributed by atoms with van der Waals surface area (Å²) in [6.45, 7) is 0.406. The highest BCUT2D eigenvalue weighted by molar-refractivity contribution is 7.00. The smallest absolute Gasteiger partial charge is 0.272 e. The number of hydrogen-bond donors (Lipinski definition) is 0. The van der Waals surface area contributed by atoms with Crippen LogP contribution >= 0.6 is 11.7 Å². The third-order valence-electron chi connectivity index (χ3n) is 3.97. The van der Waals surface area contributed by atoms with Crippen molar-refractivity contribution in [3.8, 4) is 0 Å². The molecule has 0 unspecified atom stereocenters. The van der Waals surface area contributed by atoms with Gasteiger partial charge in [-0.3, -0.25) is 4.79 Å². The van der Waals surface area contributed by atoms with Crippen molar-refractivity contribution in [1.29, 1.82) is 0 Å². The van der Waals surface area contributed by atoms with Crippen LogP contribution in [0.3, 0.4) is 0 Å². The first-order chi connectivity index (χ1) is 12.1. The maximum atomic E-state index is 13.9. The summed E-state index contributed by atoms with van der Waals surface area (Å²) in [5.74, 6) is -0.696. The van der Waals surface area contributed by atoms with Gasteiger partial charge in [0.05, 0.1) is 11.7 Å². The molecule has 4 rings (SSSR count). The maximum absolute atomic E-state index is 13.9. The van der Waals surface area contributed by atoms with Crippen LogP contribution in [0.2, 0.25) is 0 Å². The molecule has 0 aliphatic heterocycles. The summed E-state index contributed by atoms with van der Waals surface area (Å²) in [4.78, 5) is 18.4. The number of carbonyl (C=O) groups is 1. The van der Waals surface area contributed by atoms with E-state index in [2.05, 4.69) is 13.7 Å². The summed E-state index contributed by atoms with van der Waals surface area (Å²) >= 11 is 1.16. The normalized spacial score (nSPS) is 11.1. The SMILES string of the molecule is CN(Cc1ccc2nsnc2c1)C(=O)c1ccc2cccc(F)c2n1. The Morgan fingerprint density at radius 1 is 1.12 bits per heavy atom. The summed E-state index contributed by atoms with van der Waals surface area (Å²) in [5.41, 5.74) is 3.03. The van der Waals surface area contributed by atoms with Gasteiger partial charge in [0.25, 0.3) is 5.91 Å². The van der Waals surface area contributed by atoms with Crippen LogP contribution < -0.4 is 0 Å². The quantitative estimate of drug-likeness (QED) is 0.565. The van der Waals surface area contributed by atoms with E-state index >= 15 is 0 Å². The number of hydrogen-bond acceptors (Lipinski definition) is 5. The first-order valence-corrected chi connectivity index (χ1v) is 8.37. The zero-order valence-electron chi connectivity index (χ0n) is 13.3. The van der Waals surface area contributed by atoms with Crippen LogP contribution in [0, 0.1) is 5.82 Å². The van der Waals surface area contributed by atoms with Crippen LogP contribution in [0.4, 0.5) is 4.39 Å². The van der Waals surface area contributed by atoms with Crippen LogP contribution in [0.5, 0.6) is 0 Å². The molecule has 7 heteroatoms. The molecule has 2 aromatic carbocycles. The topological polar surface area (TPSA) is 59.0 Å². The Morgan fingerprint density at radius 2 is 1.96 bits per heavy atom. The molecule has 25 heavy (non-hydrogen) atoms. The minimum absolute atomic E-state index is 0.205. The highest BCUT2D eigenvalue weighted by atomic mass is 32.1. The van der Waals surface area contributed by atoms with Gasteiger partial charge in [-0.1, -0.05) is 24.3 Å². The largest absolute Gasteiger partial charge is 0.336 e. The third kappa shape index (κ3) is 2.94. The van der Waals surface area contributed by atoms with Crippen molar-refractivity contribution in [2.45, 2.75) is 6.54 Å². The number of fused-ring (bicyclic) bond motifs is 2. The molecule has 5 nitrogen and oxygen atoms in total. The van der Waals surface area contributed by atoms with Crippen molar-refractivity contribution in [3.63, 3.8) is 0 Å². The molecule has 0 aliphatic rings. The van der Waals surface area contributed by atoms with E-state index in [0.717, 1.165) is 28.3 Å². The van der Waals surface area contributed by atoms with E-state index < -0.39 is 5.82 Å². The molecule has 4 aromatic rings. The molecule has 124 valence electrons. The Kier molecular flexibility index (Phi) is 3.85. The molecule has 0 atom stereocenters. The third-order valence-corrected chi connectivity index (χ3v) is 4.53. The van der Waals surface area contributed by atoms with Crippen molar-refractivity contribution in [3.05, 3.63) is 65.6 Å². The van der Waals surface area contributed by atoms with Gasteiger partial charge >= 0.3 is 0 Å². The summed E-state index contributed by atoms with van der Waals surface area (Å²) in [6, 6.07) is 13.8. The number of carbonyl (C=O) groups excluding carboxylic acids is 1. The average Bonchev–Trinajstić information content (AvgIpc) is 3.09. The first kappa shape index (κ1) is 15.6. The molecule has 2 aromatic heterocycles. The molecule has 0 radical (unpaired) electrons. The molecule has 0 N–H and O–H groups in total. The van der Waals surface area contributed by atoms with Crippen LogP contribution in [0.15, 0.2) is 48.5 Å². The number of para-hydroxylation sites is 1. The van der Waals surface area contributed by atoms with E-state index in [0.29, 0.717) is 11.9 Å². The second-order valence-electron chi connectivity index (χ2n) is 5.76. The Bertz CT molecular complexity index is 1090. The number of amides is 1. The maximum Gasteiger partial charge on any atom is 0.272 e. The fourth-order valence-corrected chi connectivity index (χ4v) is 3.21. The minimum Gasteiger partial charge on any atom is -0.336 e. The van der Waals surface area contributed by atoms with Gasteiger partial charge in [0.2, 0.25) is 0 Å². The lowest BCUT2D eigenvalue weighted by Crippen LogP contribution is -2.27. The molecule has 0 bridgehead atoms. The number of halogens is 1. The van der Waals surface area contributed by atoms with Crippen molar-refractivity contribution in [2.24, 2.45) is 0 Å². The van der Waals surface area contributed by atoms with Crippen LogP contribution in [0.1, 0.15) is 16.1 Å². The van der Waals surface area contributed by atoms with Crippen molar-refractivity contribution >= 4 is 39.6 Å². The van der Waals surface area contributed by atoms with Gasteiger partial charge in [-0.25, -0.2) is 9.37 Å². The van der Waals surface area contributed by atoms with Crippen LogP contribution in [-0.4, -0.2) is 31.6 Å². The molecule has 0 fully saturated rings. The fourth-order valence-electron chi connectivity index (χ4n) is 2.70. The molecule has 2 heterocycles. The van der Waals surface area contributed by atoms with Gasteiger partial charge in [0.1, 0.15) is 28.1 Å². The van der Waals surface area contributed by atoms with E-state index in [-0.39, 0.29) is 17.1 Å². The van der Waals surface area contributed by atoms with Crippen molar-refractivity contribution in [2.75, 3.05) is 7.05 Å². The highest BCUT2D eigenvalue weighted by Crippen LogP contribution is 2.18. The lowest BCUT2D eigenvalue weighted by molar-refractivity contribution is 0.0779. The lowest BCUT2D eigenvalue weighted by atomic mass is 10.1. The summed E-state index contributed by atoms with van der Waals surface area (Å²) in [6.07, 6.45) is 0. The number of pyridine rings is 1. The number of nitrogens with zero attached hydrogens (tertiary/aromatic N) is 4. The monoisotopic (exact) mass is 352 g/mol. The highest BCUT2D eigenvalue weighted by Gasteiger charge is 2.15. The second-order valence-corrected chi connectivity index (χ2v) is 6.28. The minimum atomic E-state index is -0.434. The molecular weight excluding hydrogens is 339 g/mol. The van der Waals surface area contributed by atoms with E-state index in [4.69, 9.17) is 0 Å². The summed E-state index contributed by atoms with van der Waals surface area (Å²) in [7, 11) is 1.69. The van der Waals surface area contributed by atoms with Crippen LogP contribution in [0.25, 0.3) is 21.9 Å². The molecular formula is C18H13FN4OS. The second kappa shape index (κ2) is 6.18. The van der Waals surface area contributed by atoms with Gasteiger partial charge in [-0.15, -0.1) is 0 Å². The molecule has 0 spiro atoms. The fraction of sp³-hybridized carbons (Fsp3) is 0.111. The number of rotatable bonds is 3. The first-order valence-electron chi connectivity index (χ1n) is 7.64. The predicted octanol–water partition coefficient (Wildman–Crippen LogP) is 3.65. The lowest BCUT2D eigenvalue weighted by Gasteiger charge is -2.17. The summed E-state index contributed by atoms with van der Waals surface area (Å²) in [5, 5.41) is 0.667. The van der Waals surface area contributed by atoms with E-state index in [1.54, 1.807) is 36.2 Å². The Labute approximate surface area is 147 Å². The van der Waals surface area contributed by atoms with Gasteiger partial charge in [-0.2, -0.15) is 8.75 Å². The average molecular weight is 352 g/mol. The van der Waals surface area contributed by atoms with Crippen LogP contribution in [-0.2, 0) is 6.54 Å². The number of aromatic nitrogens is 3. The van der Waals surface area contributed by atoms with Crippen molar-refractivity contribution < 1.29 is 9.18 Å². The standard InChI is InChI=1S/C18H13FN4OS/c1-23(10-11-5-7-14-16(9-11)22-25-21-14)18(24)15-8-6-12-3-2-4-13(19)17(12)20-15/h2-9H,10H2,1H3. The Morgan fingerprint density at radius 3 is 2.84 bits per heavy atom. The predicted molar refractivity (Wildman–Crippen MR) is 94.9 cm³/mol. The van der Waals surface area contributed by atoms with Gasteiger partial charge in [0, 0.05) is 19.0 Å². The zero-order valence-corrected chi connectivity index (χ0v) is 14.1. The Hall–Kier alpha value is -2.93. The Balaban J connectivity index is 1.60. The van der Waals surface area contributed by atoms with E-state index in [9.17, 15) is 9.18 Å². The molecule has 0 aliphatic carbocycles. The zero-order chi connectivity index (χ0) is 17.4. The summed E-state index contributed by atoms with van der Waals surface area (Å²) < 4.78 is 22.3. The van der Waals surface area contributed by atoms with Gasteiger partial charge in [0.15, 0.2) is 0 Å². The van der Waals surface area contributed by atoms with Crippen molar-refractivity contribution in [1.82, 2.24) is 18.6 Å². The van der Waals surface area contributed by atoms with Gasteiger partial charge < -0.3 is 4.90 Å². The van der Waals surface area contributed by atoms with E-state index in [1.807, 2.05) is 18.2 Å². The molecule has 0 saturated heterocycles.